The third-order valence-corrected chi connectivity index (χ3v) is 3.07. The quantitative estimate of drug-likeness (QED) is 0.936. The first-order valence-electron chi connectivity index (χ1n) is 5.31. The maximum absolute atomic E-state index is 4.03. The van der Waals surface area contributed by atoms with Crippen molar-refractivity contribution in [2.75, 3.05) is 24.3 Å². The van der Waals surface area contributed by atoms with Crippen LogP contribution in [0.3, 0.4) is 0 Å². The van der Waals surface area contributed by atoms with E-state index in [1.165, 1.54) is 5.69 Å². The molecule has 0 saturated heterocycles. The van der Waals surface area contributed by atoms with Gasteiger partial charge in [0.05, 0.1) is 10.2 Å². The minimum absolute atomic E-state index is 0.955. The van der Waals surface area contributed by atoms with E-state index in [2.05, 4.69) is 55.4 Å². The number of anilines is 3. The number of benzene rings is 1. The Hall–Kier alpha value is -1.55. The van der Waals surface area contributed by atoms with E-state index < -0.39 is 0 Å². The van der Waals surface area contributed by atoms with E-state index in [4.69, 9.17) is 0 Å². The summed E-state index contributed by atoms with van der Waals surface area (Å²) in [5.74, 6) is 0. The molecule has 0 fully saturated rings. The van der Waals surface area contributed by atoms with Crippen LogP contribution >= 0.6 is 15.9 Å². The molecule has 4 heteroatoms. The first-order valence-corrected chi connectivity index (χ1v) is 6.10. The van der Waals surface area contributed by atoms with Crippen LogP contribution in [0.1, 0.15) is 0 Å². The third kappa shape index (κ3) is 2.97. The smallest absolute Gasteiger partial charge is 0.0593 e. The molecule has 2 aromatic rings. The molecule has 1 N–H and O–H groups in total. The largest absolute Gasteiger partial charge is 0.378 e. The number of nitrogens with one attached hydrogen (secondary N) is 1. The van der Waals surface area contributed by atoms with Crippen LogP contribution in [0, 0.1) is 0 Å². The van der Waals surface area contributed by atoms with Gasteiger partial charge in [-0.3, -0.25) is 4.98 Å². The Morgan fingerprint density at radius 2 is 1.82 bits per heavy atom. The molecule has 0 aliphatic rings. The molecule has 0 aliphatic carbocycles. The lowest BCUT2D eigenvalue weighted by molar-refractivity contribution is 1.13. The average Bonchev–Trinajstić information content (AvgIpc) is 2.33. The summed E-state index contributed by atoms with van der Waals surface area (Å²) in [6.45, 7) is 0. The zero-order valence-corrected chi connectivity index (χ0v) is 11.4. The van der Waals surface area contributed by atoms with E-state index in [1.54, 1.807) is 12.4 Å². The fraction of sp³-hybridized carbons (Fsp3) is 0.154. The molecule has 0 spiro atoms. The van der Waals surface area contributed by atoms with Crippen LogP contribution in [0.5, 0.6) is 0 Å². The minimum Gasteiger partial charge on any atom is -0.378 e. The topological polar surface area (TPSA) is 28.2 Å². The molecular formula is C13H14BrN3. The highest BCUT2D eigenvalue weighted by molar-refractivity contribution is 9.10. The highest BCUT2D eigenvalue weighted by Crippen LogP contribution is 2.25. The van der Waals surface area contributed by atoms with Gasteiger partial charge in [0.15, 0.2) is 0 Å². The molecule has 1 aromatic carbocycles. The van der Waals surface area contributed by atoms with Crippen LogP contribution in [0.15, 0.2) is 47.2 Å². The lowest BCUT2D eigenvalue weighted by atomic mass is 10.2. The van der Waals surface area contributed by atoms with E-state index in [0.717, 1.165) is 15.8 Å². The maximum Gasteiger partial charge on any atom is 0.0593 e. The molecule has 2 rings (SSSR count). The fourth-order valence-electron chi connectivity index (χ4n) is 1.47. The summed E-state index contributed by atoms with van der Waals surface area (Å²) >= 11 is 3.46. The molecule has 0 atom stereocenters. The summed E-state index contributed by atoms with van der Waals surface area (Å²) in [7, 11) is 4.06. The van der Waals surface area contributed by atoms with Gasteiger partial charge in [-0.25, -0.2) is 0 Å². The Morgan fingerprint density at radius 3 is 2.41 bits per heavy atom. The van der Waals surface area contributed by atoms with Crippen molar-refractivity contribution < 1.29 is 0 Å². The van der Waals surface area contributed by atoms with Gasteiger partial charge in [0, 0.05) is 37.9 Å². The summed E-state index contributed by atoms with van der Waals surface area (Å²) in [5, 5.41) is 3.33. The SMILES string of the molecule is CN(C)c1ccc(Nc2ccncc2Br)cc1. The Balaban J connectivity index is 2.17. The second kappa shape index (κ2) is 5.19. The van der Waals surface area contributed by atoms with E-state index in [9.17, 15) is 0 Å². The summed E-state index contributed by atoms with van der Waals surface area (Å²) in [5.41, 5.74) is 3.25. The Labute approximate surface area is 110 Å². The third-order valence-electron chi connectivity index (χ3n) is 2.44. The van der Waals surface area contributed by atoms with Crippen molar-refractivity contribution in [3.8, 4) is 0 Å². The van der Waals surface area contributed by atoms with Gasteiger partial charge in [0.1, 0.15) is 0 Å². The molecule has 0 amide bonds. The average molecular weight is 292 g/mol. The second-order valence-corrected chi connectivity index (χ2v) is 4.78. The molecule has 3 nitrogen and oxygen atoms in total. The number of rotatable bonds is 3. The van der Waals surface area contributed by atoms with Gasteiger partial charge in [0.2, 0.25) is 0 Å². The van der Waals surface area contributed by atoms with Crippen molar-refractivity contribution in [2.24, 2.45) is 0 Å². The Morgan fingerprint density at radius 1 is 1.12 bits per heavy atom. The van der Waals surface area contributed by atoms with Crippen LogP contribution in [0.4, 0.5) is 17.1 Å². The number of aromatic nitrogens is 1. The number of hydrogen-bond acceptors (Lipinski definition) is 3. The summed E-state index contributed by atoms with van der Waals surface area (Å²) in [6.07, 6.45) is 3.54. The Kier molecular flexibility index (Phi) is 3.64. The summed E-state index contributed by atoms with van der Waals surface area (Å²) in [6, 6.07) is 10.2. The lowest BCUT2D eigenvalue weighted by Crippen LogP contribution is -2.08. The van der Waals surface area contributed by atoms with Crippen molar-refractivity contribution in [1.29, 1.82) is 0 Å². The predicted molar refractivity (Wildman–Crippen MR) is 76.0 cm³/mol. The Bertz CT molecular complexity index is 494. The molecule has 0 saturated carbocycles. The molecule has 1 heterocycles. The number of halogens is 1. The van der Waals surface area contributed by atoms with Gasteiger partial charge in [-0.2, -0.15) is 0 Å². The minimum atomic E-state index is 0.955. The molecular weight excluding hydrogens is 278 g/mol. The van der Waals surface area contributed by atoms with E-state index in [0.29, 0.717) is 0 Å². The highest BCUT2D eigenvalue weighted by atomic mass is 79.9. The zero-order valence-electron chi connectivity index (χ0n) is 9.81. The van der Waals surface area contributed by atoms with Crippen molar-refractivity contribution >= 4 is 33.0 Å². The van der Waals surface area contributed by atoms with Crippen molar-refractivity contribution in [3.05, 3.63) is 47.2 Å². The van der Waals surface area contributed by atoms with E-state index in [-0.39, 0.29) is 0 Å². The van der Waals surface area contributed by atoms with Gasteiger partial charge in [-0.1, -0.05) is 0 Å². The van der Waals surface area contributed by atoms with Gasteiger partial charge >= 0.3 is 0 Å². The van der Waals surface area contributed by atoms with E-state index in [1.807, 2.05) is 20.2 Å². The van der Waals surface area contributed by atoms with Crippen LogP contribution in [0.25, 0.3) is 0 Å². The monoisotopic (exact) mass is 291 g/mol. The zero-order chi connectivity index (χ0) is 12.3. The van der Waals surface area contributed by atoms with Gasteiger partial charge in [0.25, 0.3) is 0 Å². The molecule has 1 aromatic heterocycles. The van der Waals surface area contributed by atoms with Crippen molar-refractivity contribution in [1.82, 2.24) is 4.98 Å². The van der Waals surface area contributed by atoms with Gasteiger partial charge in [-0.15, -0.1) is 0 Å². The van der Waals surface area contributed by atoms with Crippen LogP contribution < -0.4 is 10.2 Å². The van der Waals surface area contributed by atoms with Crippen LogP contribution in [0.2, 0.25) is 0 Å². The highest BCUT2D eigenvalue weighted by Gasteiger charge is 2.00. The lowest BCUT2D eigenvalue weighted by Gasteiger charge is -2.13. The summed E-state index contributed by atoms with van der Waals surface area (Å²) < 4.78 is 0.955. The molecule has 88 valence electrons. The first kappa shape index (κ1) is 11.9. The second-order valence-electron chi connectivity index (χ2n) is 3.92. The van der Waals surface area contributed by atoms with Crippen LogP contribution in [-0.2, 0) is 0 Å². The fourth-order valence-corrected chi connectivity index (χ4v) is 1.82. The molecule has 0 radical (unpaired) electrons. The predicted octanol–water partition coefficient (Wildman–Crippen LogP) is 3.65. The van der Waals surface area contributed by atoms with Crippen molar-refractivity contribution in [2.45, 2.75) is 0 Å². The normalized spacial score (nSPS) is 10.1. The molecule has 0 aliphatic heterocycles. The van der Waals surface area contributed by atoms with Crippen molar-refractivity contribution in [3.63, 3.8) is 0 Å². The van der Waals surface area contributed by atoms with E-state index >= 15 is 0 Å². The van der Waals surface area contributed by atoms with Gasteiger partial charge < -0.3 is 10.2 Å². The molecule has 0 bridgehead atoms. The molecule has 0 unspecified atom stereocenters. The number of nitrogens with zero attached hydrogens (tertiary/aromatic N) is 2. The number of pyridine rings is 1. The maximum atomic E-state index is 4.03. The standard InChI is InChI=1S/C13H14BrN3/c1-17(2)11-5-3-10(4-6-11)16-13-7-8-15-9-12(13)14/h3-9H,1-2H3,(H,15,16). The summed E-state index contributed by atoms with van der Waals surface area (Å²) in [4.78, 5) is 6.11. The first-order chi connectivity index (χ1) is 8.16. The van der Waals surface area contributed by atoms with Gasteiger partial charge in [-0.05, 0) is 46.3 Å². The molecule has 17 heavy (non-hydrogen) atoms. The number of hydrogen-bond donors (Lipinski definition) is 1. The van der Waals surface area contributed by atoms with Crippen LogP contribution in [-0.4, -0.2) is 19.1 Å².